The molecule has 0 saturated carbocycles. The Balaban J connectivity index is 2.37. The first kappa shape index (κ1) is 12.3. The first-order chi connectivity index (χ1) is 8.31. The molecule has 0 bridgehead atoms. The van der Waals surface area contributed by atoms with Crippen molar-refractivity contribution in [2.24, 2.45) is 0 Å². The largest absolute Gasteiger partial charge is 0.313 e. The van der Waals surface area contributed by atoms with Gasteiger partial charge in [0.25, 0.3) is 0 Å². The van der Waals surface area contributed by atoms with Gasteiger partial charge in [-0.3, -0.25) is 0 Å². The van der Waals surface area contributed by atoms with Gasteiger partial charge in [0.1, 0.15) is 0 Å². The third kappa shape index (κ3) is 3.18. The van der Waals surface area contributed by atoms with Gasteiger partial charge in [-0.2, -0.15) is 0 Å². The maximum absolute atomic E-state index is 3.52. The van der Waals surface area contributed by atoms with E-state index in [1.807, 2.05) is 0 Å². The van der Waals surface area contributed by atoms with Crippen molar-refractivity contribution in [2.45, 2.75) is 13.5 Å². The molecule has 0 aliphatic rings. The Morgan fingerprint density at radius 2 is 1.88 bits per heavy atom. The molecule has 2 rings (SSSR count). The minimum Gasteiger partial charge on any atom is -0.313 e. The highest BCUT2D eigenvalue weighted by molar-refractivity contribution is 9.10. The summed E-state index contributed by atoms with van der Waals surface area (Å²) in [6.45, 7) is 4.04. The Kier molecular flexibility index (Phi) is 4.35. The lowest BCUT2D eigenvalue weighted by atomic mass is 10.00. The maximum atomic E-state index is 3.52. The van der Waals surface area contributed by atoms with Gasteiger partial charge in [-0.05, 0) is 35.4 Å². The average molecular weight is 290 g/mol. The summed E-state index contributed by atoms with van der Waals surface area (Å²) in [4.78, 5) is 0. The van der Waals surface area contributed by atoms with E-state index >= 15 is 0 Å². The standard InChI is InChI=1S/C15H16BrN/c1-2-17-11-13-6-3-4-9-15(13)12-7-5-8-14(16)10-12/h3-10,17H,2,11H2,1H3. The molecule has 0 unspecified atom stereocenters. The molecule has 0 heterocycles. The molecule has 1 nitrogen and oxygen atoms in total. The molecule has 17 heavy (non-hydrogen) atoms. The van der Waals surface area contributed by atoms with Gasteiger partial charge in [0.15, 0.2) is 0 Å². The average Bonchev–Trinajstić information content (AvgIpc) is 2.37. The van der Waals surface area contributed by atoms with E-state index in [4.69, 9.17) is 0 Å². The molecule has 0 atom stereocenters. The van der Waals surface area contributed by atoms with Crippen molar-refractivity contribution in [3.63, 3.8) is 0 Å². The summed E-state index contributed by atoms with van der Waals surface area (Å²) in [5, 5.41) is 3.38. The first-order valence-corrected chi connectivity index (χ1v) is 6.65. The number of rotatable bonds is 4. The molecular formula is C15H16BrN. The Hall–Kier alpha value is -1.12. The summed E-state index contributed by atoms with van der Waals surface area (Å²) in [6.07, 6.45) is 0. The van der Waals surface area contributed by atoms with Crippen molar-refractivity contribution >= 4 is 15.9 Å². The summed E-state index contributed by atoms with van der Waals surface area (Å²) < 4.78 is 1.12. The predicted molar refractivity (Wildman–Crippen MR) is 77.0 cm³/mol. The first-order valence-electron chi connectivity index (χ1n) is 5.86. The van der Waals surface area contributed by atoms with Crippen molar-refractivity contribution in [1.29, 1.82) is 0 Å². The third-order valence-electron chi connectivity index (χ3n) is 2.72. The van der Waals surface area contributed by atoms with Crippen LogP contribution in [-0.4, -0.2) is 6.54 Å². The molecule has 0 radical (unpaired) electrons. The summed E-state index contributed by atoms with van der Waals surface area (Å²) in [6, 6.07) is 17.0. The van der Waals surface area contributed by atoms with Crippen LogP contribution >= 0.6 is 15.9 Å². The fraction of sp³-hybridized carbons (Fsp3) is 0.200. The topological polar surface area (TPSA) is 12.0 Å². The van der Waals surface area contributed by atoms with Gasteiger partial charge in [-0.15, -0.1) is 0 Å². The van der Waals surface area contributed by atoms with E-state index in [1.54, 1.807) is 0 Å². The van der Waals surface area contributed by atoms with Crippen LogP contribution in [-0.2, 0) is 6.54 Å². The van der Waals surface area contributed by atoms with Gasteiger partial charge in [-0.25, -0.2) is 0 Å². The second kappa shape index (κ2) is 5.99. The quantitative estimate of drug-likeness (QED) is 0.888. The molecule has 0 fully saturated rings. The molecule has 0 amide bonds. The van der Waals surface area contributed by atoms with Crippen molar-refractivity contribution in [3.05, 3.63) is 58.6 Å². The zero-order valence-corrected chi connectivity index (χ0v) is 11.5. The lowest BCUT2D eigenvalue weighted by molar-refractivity contribution is 0.728. The van der Waals surface area contributed by atoms with Gasteiger partial charge < -0.3 is 5.32 Å². The highest BCUT2D eigenvalue weighted by Gasteiger charge is 2.03. The molecular weight excluding hydrogens is 274 g/mol. The lowest BCUT2D eigenvalue weighted by Gasteiger charge is -2.10. The SMILES string of the molecule is CCNCc1ccccc1-c1cccc(Br)c1. The van der Waals surface area contributed by atoms with E-state index in [9.17, 15) is 0 Å². The van der Waals surface area contributed by atoms with E-state index in [0.717, 1.165) is 17.6 Å². The summed E-state index contributed by atoms with van der Waals surface area (Å²) in [5.74, 6) is 0. The van der Waals surface area contributed by atoms with E-state index in [0.29, 0.717) is 0 Å². The monoisotopic (exact) mass is 289 g/mol. The molecule has 0 aromatic heterocycles. The molecule has 2 heteroatoms. The molecule has 2 aromatic rings. The van der Waals surface area contributed by atoms with Crippen LogP contribution in [0.1, 0.15) is 12.5 Å². The van der Waals surface area contributed by atoms with Crippen molar-refractivity contribution in [2.75, 3.05) is 6.54 Å². The van der Waals surface area contributed by atoms with Gasteiger partial charge in [0.05, 0.1) is 0 Å². The van der Waals surface area contributed by atoms with Gasteiger partial charge >= 0.3 is 0 Å². The number of hydrogen-bond donors (Lipinski definition) is 1. The van der Waals surface area contributed by atoms with Crippen LogP contribution in [0.5, 0.6) is 0 Å². The van der Waals surface area contributed by atoms with Crippen LogP contribution in [0.2, 0.25) is 0 Å². The molecule has 1 N–H and O–H groups in total. The van der Waals surface area contributed by atoms with E-state index in [-0.39, 0.29) is 0 Å². The zero-order chi connectivity index (χ0) is 12.1. The fourth-order valence-electron chi connectivity index (χ4n) is 1.87. The molecule has 0 spiro atoms. The van der Waals surface area contributed by atoms with Gasteiger partial charge in [0, 0.05) is 11.0 Å². The highest BCUT2D eigenvalue weighted by atomic mass is 79.9. The van der Waals surface area contributed by atoms with Crippen LogP contribution in [0.3, 0.4) is 0 Å². The Morgan fingerprint density at radius 3 is 2.65 bits per heavy atom. The number of nitrogens with one attached hydrogen (secondary N) is 1. The van der Waals surface area contributed by atoms with Crippen LogP contribution in [0, 0.1) is 0 Å². The fourth-order valence-corrected chi connectivity index (χ4v) is 2.27. The second-order valence-electron chi connectivity index (χ2n) is 3.95. The molecule has 0 aliphatic carbocycles. The van der Waals surface area contributed by atoms with Gasteiger partial charge in [0.2, 0.25) is 0 Å². The maximum Gasteiger partial charge on any atom is 0.0211 e. The highest BCUT2D eigenvalue weighted by Crippen LogP contribution is 2.26. The Morgan fingerprint density at radius 1 is 1.06 bits per heavy atom. The van der Waals surface area contributed by atoms with Crippen molar-refractivity contribution in [1.82, 2.24) is 5.32 Å². The minimum atomic E-state index is 0.916. The minimum absolute atomic E-state index is 0.916. The smallest absolute Gasteiger partial charge is 0.0211 e. The van der Waals surface area contributed by atoms with Crippen molar-refractivity contribution in [3.8, 4) is 11.1 Å². The molecule has 2 aromatic carbocycles. The van der Waals surface area contributed by atoms with E-state index < -0.39 is 0 Å². The number of hydrogen-bond acceptors (Lipinski definition) is 1. The number of halogens is 1. The van der Waals surface area contributed by atoms with E-state index in [1.165, 1.54) is 16.7 Å². The zero-order valence-electron chi connectivity index (χ0n) is 9.91. The van der Waals surface area contributed by atoms with Crippen LogP contribution < -0.4 is 5.32 Å². The Bertz CT molecular complexity index is 494. The van der Waals surface area contributed by atoms with Gasteiger partial charge in [-0.1, -0.05) is 59.3 Å². The lowest BCUT2D eigenvalue weighted by Crippen LogP contribution is -2.12. The summed E-state index contributed by atoms with van der Waals surface area (Å²) >= 11 is 3.52. The van der Waals surface area contributed by atoms with Crippen LogP contribution in [0.25, 0.3) is 11.1 Å². The second-order valence-corrected chi connectivity index (χ2v) is 4.86. The summed E-state index contributed by atoms with van der Waals surface area (Å²) in [7, 11) is 0. The van der Waals surface area contributed by atoms with E-state index in [2.05, 4.69) is 76.7 Å². The summed E-state index contributed by atoms with van der Waals surface area (Å²) in [5.41, 5.74) is 3.90. The molecule has 0 aliphatic heterocycles. The predicted octanol–water partition coefficient (Wildman–Crippen LogP) is 4.23. The molecule has 0 saturated heterocycles. The Labute approximate surface area is 111 Å². The molecule has 88 valence electrons. The third-order valence-corrected chi connectivity index (χ3v) is 3.21. The normalized spacial score (nSPS) is 10.5. The van der Waals surface area contributed by atoms with Crippen molar-refractivity contribution < 1.29 is 0 Å². The van der Waals surface area contributed by atoms with Crippen LogP contribution in [0.4, 0.5) is 0 Å². The number of benzene rings is 2. The van der Waals surface area contributed by atoms with Crippen LogP contribution in [0.15, 0.2) is 53.0 Å².